The summed E-state index contributed by atoms with van der Waals surface area (Å²) in [4.78, 5) is 2.53. The third kappa shape index (κ3) is 5.16. The van der Waals surface area contributed by atoms with Gasteiger partial charge in [-0.25, -0.2) is 0 Å². The van der Waals surface area contributed by atoms with Gasteiger partial charge < -0.3 is 0 Å². The molecule has 0 heterocycles. The van der Waals surface area contributed by atoms with E-state index in [0.29, 0.717) is 12.0 Å². The van der Waals surface area contributed by atoms with Gasteiger partial charge in [-0.15, -0.1) is 6.58 Å². The summed E-state index contributed by atoms with van der Waals surface area (Å²) in [5.41, 5.74) is 2.71. The lowest BCUT2D eigenvalue weighted by atomic mass is 10.0. The average molecular weight is 293 g/mol. The van der Waals surface area contributed by atoms with Crippen LogP contribution < -0.4 is 0 Å². The Balaban J connectivity index is 2.17. The molecule has 0 fully saturated rings. The van der Waals surface area contributed by atoms with E-state index in [4.69, 9.17) is 0 Å². The molecule has 0 aliphatic heterocycles. The lowest BCUT2D eigenvalue weighted by Gasteiger charge is -2.31. The molecule has 1 heteroatoms. The Morgan fingerprint density at radius 3 is 1.68 bits per heavy atom. The molecule has 0 aromatic heterocycles. The fourth-order valence-electron chi connectivity index (χ4n) is 2.80. The van der Waals surface area contributed by atoms with Crippen molar-refractivity contribution in [1.29, 1.82) is 0 Å². The van der Waals surface area contributed by atoms with Crippen LogP contribution in [0.15, 0.2) is 73.3 Å². The van der Waals surface area contributed by atoms with E-state index in [9.17, 15) is 0 Å². The van der Waals surface area contributed by atoms with Crippen LogP contribution in [0.5, 0.6) is 0 Å². The molecule has 0 saturated carbocycles. The largest absolute Gasteiger partial charge is 0.288 e. The molecule has 1 atom stereocenters. The van der Waals surface area contributed by atoms with Crippen LogP contribution in [0.3, 0.4) is 0 Å². The summed E-state index contributed by atoms with van der Waals surface area (Å²) in [7, 11) is 0. The average Bonchev–Trinajstić information content (AvgIpc) is 2.54. The zero-order chi connectivity index (χ0) is 15.8. The molecule has 0 radical (unpaired) electrons. The van der Waals surface area contributed by atoms with E-state index in [1.807, 2.05) is 0 Å². The van der Waals surface area contributed by atoms with E-state index in [0.717, 1.165) is 19.5 Å². The quantitative estimate of drug-likeness (QED) is 0.598. The van der Waals surface area contributed by atoms with Crippen molar-refractivity contribution in [2.24, 2.45) is 5.92 Å². The molecule has 116 valence electrons. The third-order valence-electron chi connectivity index (χ3n) is 3.91. The summed E-state index contributed by atoms with van der Waals surface area (Å²) in [6, 6.07) is 21.8. The smallest absolute Gasteiger partial charge is 0.0285 e. The second kappa shape index (κ2) is 8.55. The Kier molecular flexibility index (Phi) is 6.42. The fourth-order valence-corrected chi connectivity index (χ4v) is 2.80. The van der Waals surface area contributed by atoms with Crippen LogP contribution in [0.25, 0.3) is 0 Å². The van der Waals surface area contributed by atoms with E-state index < -0.39 is 0 Å². The predicted molar refractivity (Wildman–Crippen MR) is 95.6 cm³/mol. The standard InChI is InChI=1S/C21H27N/c1-4-21(15-18(2)3)22(16-19-11-7-5-8-12-19)17-20-13-9-6-10-14-20/h4-14,18,21H,1,15-17H2,2-3H3/t21-/m1/s1. The lowest BCUT2D eigenvalue weighted by Crippen LogP contribution is -2.34. The maximum atomic E-state index is 4.08. The zero-order valence-corrected chi connectivity index (χ0v) is 13.8. The first-order chi connectivity index (χ1) is 10.7. The first-order valence-electron chi connectivity index (χ1n) is 8.13. The second-order valence-corrected chi connectivity index (χ2v) is 6.31. The highest BCUT2D eigenvalue weighted by Gasteiger charge is 2.17. The first-order valence-corrected chi connectivity index (χ1v) is 8.13. The molecule has 0 unspecified atom stereocenters. The summed E-state index contributed by atoms with van der Waals surface area (Å²) >= 11 is 0. The summed E-state index contributed by atoms with van der Waals surface area (Å²) < 4.78 is 0. The van der Waals surface area contributed by atoms with Crippen LogP contribution in [-0.4, -0.2) is 10.9 Å². The van der Waals surface area contributed by atoms with Crippen LogP contribution in [0, 0.1) is 5.92 Å². The number of hydrogen-bond donors (Lipinski definition) is 0. The Hall–Kier alpha value is -1.86. The van der Waals surface area contributed by atoms with Crippen molar-refractivity contribution < 1.29 is 0 Å². The van der Waals surface area contributed by atoms with Gasteiger partial charge in [0.1, 0.15) is 0 Å². The Bertz CT molecular complexity index is 503. The number of rotatable bonds is 8. The van der Waals surface area contributed by atoms with E-state index in [1.165, 1.54) is 11.1 Å². The zero-order valence-electron chi connectivity index (χ0n) is 13.8. The SMILES string of the molecule is C=C[C@H](CC(C)C)N(Cc1ccccc1)Cc1ccccc1. The number of nitrogens with zero attached hydrogens (tertiary/aromatic N) is 1. The van der Waals surface area contributed by atoms with Crippen LogP contribution in [0.4, 0.5) is 0 Å². The highest BCUT2D eigenvalue weighted by atomic mass is 15.1. The second-order valence-electron chi connectivity index (χ2n) is 6.31. The Morgan fingerprint density at radius 2 is 1.32 bits per heavy atom. The molecule has 0 bridgehead atoms. The fraction of sp³-hybridized carbons (Fsp3) is 0.333. The topological polar surface area (TPSA) is 3.24 Å². The van der Waals surface area contributed by atoms with Crippen LogP contribution >= 0.6 is 0 Å². The molecule has 0 amide bonds. The molecule has 2 rings (SSSR count). The third-order valence-corrected chi connectivity index (χ3v) is 3.91. The van der Waals surface area contributed by atoms with Gasteiger partial charge >= 0.3 is 0 Å². The van der Waals surface area contributed by atoms with Crippen molar-refractivity contribution in [2.45, 2.75) is 39.4 Å². The molecule has 2 aromatic rings. The van der Waals surface area contributed by atoms with E-state index in [-0.39, 0.29) is 0 Å². The van der Waals surface area contributed by atoms with Gasteiger partial charge in [-0.3, -0.25) is 4.90 Å². The summed E-state index contributed by atoms with van der Waals surface area (Å²) in [6.07, 6.45) is 3.25. The van der Waals surface area contributed by atoms with Gasteiger partial charge in [-0.05, 0) is 23.5 Å². The van der Waals surface area contributed by atoms with Crippen molar-refractivity contribution >= 4 is 0 Å². The summed E-state index contributed by atoms with van der Waals surface area (Å²) in [5.74, 6) is 0.664. The Labute approximate surface area is 135 Å². The molecule has 2 aromatic carbocycles. The van der Waals surface area contributed by atoms with E-state index >= 15 is 0 Å². The van der Waals surface area contributed by atoms with Gasteiger partial charge in [0.15, 0.2) is 0 Å². The summed E-state index contributed by atoms with van der Waals surface area (Å²) in [6.45, 7) is 10.5. The van der Waals surface area contributed by atoms with Gasteiger partial charge in [-0.1, -0.05) is 80.6 Å². The van der Waals surface area contributed by atoms with Gasteiger partial charge in [0.05, 0.1) is 0 Å². The number of hydrogen-bond acceptors (Lipinski definition) is 1. The van der Waals surface area contributed by atoms with Crippen LogP contribution in [-0.2, 0) is 13.1 Å². The molecule has 0 aliphatic rings. The van der Waals surface area contributed by atoms with Crippen molar-refractivity contribution in [3.05, 3.63) is 84.4 Å². The van der Waals surface area contributed by atoms with Crippen LogP contribution in [0.2, 0.25) is 0 Å². The normalized spacial score (nSPS) is 12.5. The molecule has 22 heavy (non-hydrogen) atoms. The molecular weight excluding hydrogens is 266 g/mol. The summed E-state index contributed by atoms with van der Waals surface area (Å²) in [5, 5.41) is 0. The minimum absolute atomic E-state index is 0.403. The monoisotopic (exact) mass is 293 g/mol. The molecular formula is C21H27N. The van der Waals surface area contributed by atoms with Gasteiger partial charge in [0.2, 0.25) is 0 Å². The lowest BCUT2D eigenvalue weighted by molar-refractivity contribution is 0.189. The molecule has 0 aliphatic carbocycles. The Morgan fingerprint density at radius 1 is 0.864 bits per heavy atom. The molecule has 0 N–H and O–H groups in total. The van der Waals surface area contributed by atoms with Crippen molar-refractivity contribution in [3.8, 4) is 0 Å². The highest BCUT2D eigenvalue weighted by molar-refractivity contribution is 5.17. The maximum absolute atomic E-state index is 4.08. The van der Waals surface area contributed by atoms with Gasteiger partial charge in [0.25, 0.3) is 0 Å². The highest BCUT2D eigenvalue weighted by Crippen LogP contribution is 2.19. The van der Waals surface area contributed by atoms with Gasteiger partial charge in [0, 0.05) is 19.1 Å². The van der Waals surface area contributed by atoms with Crippen molar-refractivity contribution in [1.82, 2.24) is 4.90 Å². The van der Waals surface area contributed by atoms with Gasteiger partial charge in [-0.2, -0.15) is 0 Å². The van der Waals surface area contributed by atoms with Crippen molar-refractivity contribution in [2.75, 3.05) is 0 Å². The number of benzene rings is 2. The maximum Gasteiger partial charge on any atom is 0.0285 e. The molecule has 0 saturated heterocycles. The molecule has 1 nitrogen and oxygen atoms in total. The minimum Gasteiger partial charge on any atom is -0.288 e. The van der Waals surface area contributed by atoms with E-state index in [2.05, 4.69) is 92.1 Å². The van der Waals surface area contributed by atoms with Crippen molar-refractivity contribution in [3.63, 3.8) is 0 Å². The molecule has 0 spiro atoms. The van der Waals surface area contributed by atoms with Crippen LogP contribution in [0.1, 0.15) is 31.4 Å². The first kappa shape index (κ1) is 16.5. The predicted octanol–water partition coefficient (Wildman–Crippen LogP) is 5.29. The minimum atomic E-state index is 0.403. The van der Waals surface area contributed by atoms with E-state index in [1.54, 1.807) is 0 Å².